The maximum Gasteiger partial charge on any atom is 0.388 e. The van der Waals surface area contributed by atoms with Gasteiger partial charge >= 0.3 is 12.2 Å². The summed E-state index contributed by atoms with van der Waals surface area (Å²) in [5.41, 5.74) is -1.84. The average Bonchev–Trinajstić information content (AvgIpc) is 2.87. The van der Waals surface area contributed by atoms with Gasteiger partial charge in [-0.05, 0) is 18.2 Å². The molecule has 24 heavy (non-hydrogen) atoms. The van der Waals surface area contributed by atoms with Gasteiger partial charge in [-0.3, -0.25) is 4.99 Å². The van der Waals surface area contributed by atoms with Gasteiger partial charge in [0.25, 0.3) is 0 Å². The number of fused-ring (bicyclic) bond motifs is 2. The second kappa shape index (κ2) is 4.73. The zero-order chi connectivity index (χ0) is 17.1. The molecule has 0 unspecified atom stereocenters. The molecule has 0 radical (unpaired) electrons. The van der Waals surface area contributed by atoms with Crippen molar-refractivity contribution in [2.24, 2.45) is 4.99 Å². The molecule has 0 spiro atoms. The summed E-state index contributed by atoms with van der Waals surface area (Å²) in [6, 6.07) is 1.55. The fourth-order valence-corrected chi connectivity index (χ4v) is 2.55. The number of aliphatic imine (C=N–C) groups is 1. The minimum Gasteiger partial charge on any atom is -0.436 e. The number of ether oxygens (including phenoxy) is 1. The van der Waals surface area contributed by atoms with E-state index in [1.807, 2.05) is 0 Å². The molecule has 0 saturated heterocycles. The van der Waals surface area contributed by atoms with E-state index in [4.69, 9.17) is 4.42 Å². The van der Waals surface area contributed by atoms with E-state index in [9.17, 15) is 22.0 Å². The van der Waals surface area contributed by atoms with Gasteiger partial charge in [0, 0.05) is 18.2 Å². The fourth-order valence-electron chi connectivity index (χ4n) is 2.55. The van der Waals surface area contributed by atoms with Gasteiger partial charge in [0.1, 0.15) is 11.3 Å². The van der Waals surface area contributed by atoms with Crippen LogP contribution in [0.5, 0.6) is 0 Å². The second-order valence-corrected chi connectivity index (χ2v) is 5.26. The molecule has 1 aromatic heterocycles. The Labute approximate surface area is 130 Å². The first-order chi connectivity index (χ1) is 11.3. The smallest absolute Gasteiger partial charge is 0.388 e. The van der Waals surface area contributed by atoms with Crippen LogP contribution in [0, 0.1) is 0 Å². The molecule has 0 saturated carbocycles. The Bertz CT molecular complexity index is 892. The van der Waals surface area contributed by atoms with Crippen molar-refractivity contribution in [3.63, 3.8) is 0 Å². The SMILES string of the molecule is FC1=CN=CC=C(c2nc3cc4c(cc3o2)C(F)(F)OC4(F)F)C1. The van der Waals surface area contributed by atoms with Crippen molar-refractivity contribution in [1.82, 2.24) is 4.98 Å². The van der Waals surface area contributed by atoms with Crippen molar-refractivity contribution in [3.05, 3.63) is 47.3 Å². The summed E-state index contributed by atoms with van der Waals surface area (Å²) in [7, 11) is 0. The molecule has 0 amide bonds. The first-order valence-corrected chi connectivity index (χ1v) is 6.75. The molecule has 124 valence electrons. The van der Waals surface area contributed by atoms with E-state index in [1.165, 1.54) is 12.3 Å². The number of hydrogen-bond acceptors (Lipinski definition) is 4. The molecule has 4 rings (SSSR count). The van der Waals surface area contributed by atoms with Crippen LogP contribution in [0.25, 0.3) is 16.7 Å². The van der Waals surface area contributed by atoms with E-state index < -0.39 is 29.2 Å². The van der Waals surface area contributed by atoms with Gasteiger partial charge in [-0.15, -0.1) is 0 Å². The molecule has 3 heterocycles. The summed E-state index contributed by atoms with van der Waals surface area (Å²) >= 11 is 0. The normalized spacial score (nSPS) is 21.4. The van der Waals surface area contributed by atoms with Gasteiger partial charge in [-0.25, -0.2) is 14.1 Å². The molecule has 2 aromatic rings. The van der Waals surface area contributed by atoms with Crippen LogP contribution >= 0.6 is 0 Å². The summed E-state index contributed by atoms with van der Waals surface area (Å²) in [5, 5.41) is 0. The maximum atomic E-state index is 13.6. The van der Waals surface area contributed by atoms with Crippen LogP contribution in [0.15, 0.2) is 39.6 Å². The lowest BCUT2D eigenvalue weighted by molar-refractivity contribution is -0.369. The molecule has 1 aromatic carbocycles. The number of nitrogens with zero attached hydrogens (tertiary/aromatic N) is 2. The Balaban J connectivity index is 1.85. The maximum absolute atomic E-state index is 13.6. The summed E-state index contributed by atoms with van der Waals surface area (Å²) < 4.78 is 76.6. The third-order valence-electron chi connectivity index (χ3n) is 3.62. The van der Waals surface area contributed by atoms with E-state index in [1.54, 1.807) is 0 Å². The average molecular weight is 342 g/mol. The molecule has 0 N–H and O–H groups in total. The predicted molar refractivity (Wildman–Crippen MR) is 73.2 cm³/mol. The first kappa shape index (κ1) is 15.0. The van der Waals surface area contributed by atoms with Gasteiger partial charge < -0.3 is 4.42 Å². The van der Waals surface area contributed by atoms with Gasteiger partial charge in [-0.2, -0.15) is 17.6 Å². The Morgan fingerprint density at radius 1 is 1.04 bits per heavy atom. The number of benzene rings is 1. The lowest BCUT2D eigenvalue weighted by Gasteiger charge is -2.10. The summed E-state index contributed by atoms with van der Waals surface area (Å²) in [5.74, 6) is -0.607. The predicted octanol–water partition coefficient (Wildman–Crippen LogP) is 4.63. The Morgan fingerprint density at radius 2 is 1.75 bits per heavy atom. The van der Waals surface area contributed by atoms with Crippen LogP contribution in [-0.2, 0) is 17.0 Å². The van der Waals surface area contributed by atoms with Crippen LogP contribution in [0.4, 0.5) is 22.0 Å². The zero-order valence-electron chi connectivity index (χ0n) is 11.7. The van der Waals surface area contributed by atoms with Crippen molar-refractivity contribution in [3.8, 4) is 0 Å². The van der Waals surface area contributed by atoms with Crippen LogP contribution in [0.1, 0.15) is 23.4 Å². The van der Waals surface area contributed by atoms with Crippen LogP contribution in [0.2, 0.25) is 0 Å². The molecule has 2 aliphatic heterocycles. The molecular weight excluding hydrogens is 335 g/mol. The van der Waals surface area contributed by atoms with Crippen LogP contribution in [-0.4, -0.2) is 11.2 Å². The first-order valence-electron chi connectivity index (χ1n) is 6.75. The second-order valence-electron chi connectivity index (χ2n) is 5.26. The van der Waals surface area contributed by atoms with E-state index in [2.05, 4.69) is 14.7 Å². The third kappa shape index (κ3) is 2.23. The number of allylic oxidation sites excluding steroid dienone is 3. The molecule has 0 bridgehead atoms. The number of halogens is 5. The Kier molecular flexibility index (Phi) is 2.96. The molecular formula is C15H7F5N2O2. The minimum absolute atomic E-state index is 0.0573. The molecule has 0 atom stereocenters. The van der Waals surface area contributed by atoms with Crippen molar-refractivity contribution in [1.29, 1.82) is 0 Å². The number of rotatable bonds is 1. The quantitative estimate of drug-likeness (QED) is 0.710. The minimum atomic E-state index is -4.14. The highest BCUT2D eigenvalue weighted by Crippen LogP contribution is 2.51. The van der Waals surface area contributed by atoms with Gasteiger partial charge in [0.15, 0.2) is 5.58 Å². The fraction of sp³-hybridized carbons (Fsp3) is 0.200. The van der Waals surface area contributed by atoms with Gasteiger partial charge in [0.05, 0.1) is 17.3 Å². The molecule has 2 aliphatic rings. The highest BCUT2D eigenvalue weighted by molar-refractivity contribution is 5.86. The van der Waals surface area contributed by atoms with E-state index in [0.717, 1.165) is 18.3 Å². The lowest BCUT2D eigenvalue weighted by Crippen LogP contribution is -2.17. The Hall–Kier alpha value is -2.55. The van der Waals surface area contributed by atoms with Crippen molar-refractivity contribution in [2.45, 2.75) is 18.6 Å². The highest BCUT2D eigenvalue weighted by Gasteiger charge is 2.57. The highest BCUT2D eigenvalue weighted by atomic mass is 19.3. The monoisotopic (exact) mass is 342 g/mol. The number of hydrogen-bond donors (Lipinski definition) is 0. The van der Waals surface area contributed by atoms with Crippen molar-refractivity contribution in [2.75, 3.05) is 0 Å². The number of alkyl halides is 4. The van der Waals surface area contributed by atoms with E-state index in [-0.39, 0.29) is 23.4 Å². The third-order valence-corrected chi connectivity index (χ3v) is 3.62. The van der Waals surface area contributed by atoms with Gasteiger partial charge in [-0.1, -0.05) is 0 Å². The van der Waals surface area contributed by atoms with Crippen LogP contribution < -0.4 is 0 Å². The largest absolute Gasteiger partial charge is 0.436 e. The van der Waals surface area contributed by atoms with Gasteiger partial charge in [0.2, 0.25) is 5.89 Å². The van der Waals surface area contributed by atoms with E-state index >= 15 is 0 Å². The molecule has 0 fully saturated rings. The molecule has 9 heteroatoms. The topological polar surface area (TPSA) is 47.6 Å². The lowest BCUT2D eigenvalue weighted by atomic mass is 10.1. The number of oxazole rings is 1. The Morgan fingerprint density at radius 3 is 2.50 bits per heavy atom. The van der Waals surface area contributed by atoms with Crippen molar-refractivity contribution < 1.29 is 31.1 Å². The summed E-state index contributed by atoms with van der Waals surface area (Å²) in [6.07, 6.45) is -4.67. The van der Waals surface area contributed by atoms with Crippen molar-refractivity contribution >= 4 is 22.9 Å². The molecule has 4 nitrogen and oxygen atoms in total. The molecule has 0 aliphatic carbocycles. The van der Waals surface area contributed by atoms with E-state index in [0.29, 0.717) is 5.57 Å². The number of aromatic nitrogens is 1. The van der Waals surface area contributed by atoms with Crippen LogP contribution in [0.3, 0.4) is 0 Å². The zero-order valence-corrected chi connectivity index (χ0v) is 11.7. The summed E-state index contributed by atoms with van der Waals surface area (Å²) in [6.45, 7) is 0. The summed E-state index contributed by atoms with van der Waals surface area (Å²) in [4.78, 5) is 7.63. The standard InChI is InChI=1S/C15H7F5N2O2/c16-8-3-7(1-2-21-6-8)13-22-11-4-9-10(5-12(11)23-13)15(19,20)24-14(9,17)18/h1-2,4-6H,3H2.